The summed E-state index contributed by atoms with van der Waals surface area (Å²) in [5.74, 6) is -0.928. The molecule has 25 heavy (non-hydrogen) atoms. The molecule has 1 amide bonds. The second kappa shape index (κ2) is 7.11. The van der Waals surface area contributed by atoms with Gasteiger partial charge in [-0.05, 0) is 46.6 Å². The van der Waals surface area contributed by atoms with Crippen LogP contribution >= 0.6 is 15.9 Å². The third-order valence-corrected chi connectivity index (χ3v) is 4.63. The monoisotopic (exact) mass is 400 g/mol. The van der Waals surface area contributed by atoms with Crippen molar-refractivity contribution in [2.45, 2.75) is 19.9 Å². The largest absolute Gasteiger partial charge is 0.506 e. The molecule has 0 bridgehead atoms. The first-order valence-electron chi connectivity index (χ1n) is 7.95. The quantitative estimate of drug-likeness (QED) is 0.691. The molecule has 0 saturated carbocycles. The molecule has 0 aliphatic rings. The van der Waals surface area contributed by atoms with E-state index in [1.807, 2.05) is 13.0 Å². The molecule has 0 atom stereocenters. The number of hydrogen-bond acceptors (Lipinski definition) is 3. The minimum Gasteiger partial charge on any atom is -0.506 e. The van der Waals surface area contributed by atoms with Crippen molar-refractivity contribution in [2.24, 2.45) is 0 Å². The molecule has 5 nitrogen and oxygen atoms in total. The molecule has 3 aromatic rings. The van der Waals surface area contributed by atoms with Crippen molar-refractivity contribution in [3.8, 4) is 5.75 Å². The topological polar surface area (TPSA) is 71.3 Å². The van der Waals surface area contributed by atoms with Gasteiger partial charge in [-0.15, -0.1) is 0 Å². The number of fused-ring (bicyclic) bond motifs is 1. The molecule has 3 rings (SSSR count). The number of aryl methyl sites for hydroxylation is 1. The molecule has 0 saturated heterocycles. The summed E-state index contributed by atoms with van der Waals surface area (Å²) >= 11 is 3.35. The molecule has 6 heteroatoms. The Hall–Kier alpha value is -2.60. The van der Waals surface area contributed by atoms with E-state index in [4.69, 9.17) is 0 Å². The number of nitrogens with one attached hydrogen (secondary N) is 1. The zero-order valence-corrected chi connectivity index (χ0v) is 15.2. The van der Waals surface area contributed by atoms with Gasteiger partial charge in [-0.3, -0.25) is 9.59 Å². The molecule has 1 heterocycles. The zero-order chi connectivity index (χ0) is 18.0. The number of carbonyl (C=O) groups is 1. The molecule has 0 fully saturated rings. The third kappa shape index (κ3) is 3.17. The summed E-state index contributed by atoms with van der Waals surface area (Å²) in [5, 5.41) is 13.7. The Bertz CT molecular complexity index is 1010. The summed E-state index contributed by atoms with van der Waals surface area (Å²) in [6, 6.07) is 14.1. The van der Waals surface area contributed by atoms with E-state index in [-0.39, 0.29) is 11.3 Å². The highest BCUT2D eigenvalue weighted by molar-refractivity contribution is 9.10. The van der Waals surface area contributed by atoms with E-state index in [0.29, 0.717) is 27.6 Å². The van der Waals surface area contributed by atoms with Crippen molar-refractivity contribution in [2.75, 3.05) is 5.32 Å². The van der Waals surface area contributed by atoms with Gasteiger partial charge in [-0.1, -0.05) is 31.2 Å². The lowest BCUT2D eigenvalue weighted by Gasteiger charge is -2.14. The lowest BCUT2D eigenvalue weighted by atomic mass is 10.1. The van der Waals surface area contributed by atoms with Gasteiger partial charge in [0.1, 0.15) is 11.3 Å². The van der Waals surface area contributed by atoms with Crippen LogP contribution in [0.15, 0.2) is 57.8 Å². The summed E-state index contributed by atoms with van der Waals surface area (Å²) in [6.07, 6.45) is 0.736. The number of benzene rings is 2. The molecule has 0 unspecified atom stereocenters. The predicted octanol–water partition coefficient (Wildman–Crippen LogP) is 4.13. The Kier molecular flexibility index (Phi) is 4.90. The van der Waals surface area contributed by atoms with Gasteiger partial charge in [0.05, 0.1) is 11.2 Å². The molecule has 128 valence electrons. The number of para-hydroxylation sites is 2. The van der Waals surface area contributed by atoms with Crippen LogP contribution < -0.4 is 10.9 Å². The number of anilines is 1. The standard InChI is InChI=1S/C19H17BrN2O3/c1-2-11-22-15-10-6-3-7-12(15)17(23)16(19(22)25)18(24)21-14-9-5-4-8-13(14)20/h3-10,23H,2,11H2,1H3,(H,21,24). The van der Waals surface area contributed by atoms with Gasteiger partial charge in [0.2, 0.25) is 0 Å². The van der Waals surface area contributed by atoms with Crippen LogP contribution in [0.3, 0.4) is 0 Å². The minimum atomic E-state index is -0.634. The smallest absolute Gasteiger partial charge is 0.267 e. The van der Waals surface area contributed by atoms with Gasteiger partial charge in [0.15, 0.2) is 0 Å². The number of amides is 1. The first-order chi connectivity index (χ1) is 12.0. The number of halogens is 1. The van der Waals surface area contributed by atoms with Crippen molar-refractivity contribution in [3.05, 3.63) is 68.9 Å². The number of hydrogen-bond donors (Lipinski definition) is 2. The Morgan fingerprint density at radius 3 is 2.56 bits per heavy atom. The van der Waals surface area contributed by atoms with Crippen LogP contribution in [0.4, 0.5) is 5.69 Å². The zero-order valence-electron chi connectivity index (χ0n) is 13.6. The van der Waals surface area contributed by atoms with E-state index in [2.05, 4.69) is 21.2 Å². The van der Waals surface area contributed by atoms with E-state index in [1.54, 1.807) is 42.5 Å². The normalized spacial score (nSPS) is 10.8. The maximum Gasteiger partial charge on any atom is 0.267 e. The van der Waals surface area contributed by atoms with E-state index >= 15 is 0 Å². The molecule has 0 aliphatic carbocycles. The van der Waals surface area contributed by atoms with Gasteiger partial charge >= 0.3 is 0 Å². The number of aromatic nitrogens is 1. The Morgan fingerprint density at radius 1 is 1.16 bits per heavy atom. The summed E-state index contributed by atoms with van der Waals surface area (Å²) in [7, 11) is 0. The summed E-state index contributed by atoms with van der Waals surface area (Å²) in [5.41, 5.74) is 0.399. The fraction of sp³-hybridized carbons (Fsp3) is 0.158. The average Bonchev–Trinajstić information content (AvgIpc) is 2.61. The molecular weight excluding hydrogens is 384 g/mol. The van der Waals surface area contributed by atoms with E-state index in [1.165, 1.54) is 4.57 Å². The van der Waals surface area contributed by atoms with Crippen LogP contribution in [0.2, 0.25) is 0 Å². The molecule has 0 aliphatic heterocycles. The Morgan fingerprint density at radius 2 is 1.84 bits per heavy atom. The first kappa shape index (κ1) is 17.2. The molecule has 0 radical (unpaired) electrons. The maximum atomic E-state index is 12.8. The van der Waals surface area contributed by atoms with Crippen molar-refractivity contribution >= 4 is 38.4 Å². The highest BCUT2D eigenvalue weighted by Crippen LogP contribution is 2.28. The molecule has 1 aromatic heterocycles. The number of rotatable bonds is 4. The molecule has 2 N–H and O–H groups in total. The number of pyridine rings is 1. The van der Waals surface area contributed by atoms with E-state index in [0.717, 1.165) is 6.42 Å². The lowest BCUT2D eigenvalue weighted by molar-refractivity contribution is 0.102. The van der Waals surface area contributed by atoms with Crippen LogP contribution in [-0.4, -0.2) is 15.6 Å². The highest BCUT2D eigenvalue weighted by atomic mass is 79.9. The first-order valence-corrected chi connectivity index (χ1v) is 8.74. The highest BCUT2D eigenvalue weighted by Gasteiger charge is 2.22. The van der Waals surface area contributed by atoms with Crippen molar-refractivity contribution < 1.29 is 9.90 Å². The molecule has 2 aromatic carbocycles. The van der Waals surface area contributed by atoms with Crippen molar-refractivity contribution in [3.63, 3.8) is 0 Å². The lowest BCUT2D eigenvalue weighted by Crippen LogP contribution is -2.29. The van der Waals surface area contributed by atoms with Crippen molar-refractivity contribution in [1.29, 1.82) is 0 Å². The summed E-state index contributed by atoms with van der Waals surface area (Å²) < 4.78 is 2.22. The number of aromatic hydroxyl groups is 1. The maximum absolute atomic E-state index is 12.8. The summed E-state index contributed by atoms with van der Waals surface area (Å²) in [4.78, 5) is 25.5. The van der Waals surface area contributed by atoms with Crippen LogP contribution in [0.1, 0.15) is 23.7 Å². The van der Waals surface area contributed by atoms with Crippen LogP contribution in [0, 0.1) is 0 Å². The molecular formula is C19H17BrN2O3. The second-order valence-corrected chi connectivity index (χ2v) is 6.49. The fourth-order valence-electron chi connectivity index (χ4n) is 2.79. The van der Waals surface area contributed by atoms with Crippen LogP contribution in [0.5, 0.6) is 5.75 Å². The van der Waals surface area contributed by atoms with Crippen molar-refractivity contribution in [1.82, 2.24) is 4.57 Å². The van der Waals surface area contributed by atoms with Gasteiger partial charge in [-0.2, -0.15) is 0 Å². The fourth-order valence-corrected chi connectivity index (χ4v) is 3.17. The van der Waals surface area contributed by atoms with E-state index < -0.39 is 11.5 Å². The summed E-state index contributed by atoms with van der Waals surface area (Å²) in [6.45, 7) is 2.42. The van der Waals surface area contributed by atoms with Gasteiger partial charge in [-0.25, -0.2) is 0 Å². The SMILES string of the molecule is CCCn1c(=O)c(C(=O)Nc2ccccc2Br)c(O)c2ccccc21. The third-order valence-electron chi connectivity index (χ3n) is 3.94. The molecule has 0 spiro atoms. The number of carbonyl (C=O) groups excluding carboxylic acids is 1. The second-order valence-electron chi connectivity index (χ2n) is 5.63. The van der Waals surface area contributed by atoms with Gasteiger partial charge in [0, 0.05) is 16.4 Å². The Balaban J connectivity index is 2.17. The van der Waals surface area contributed by atoms with Crippen LogP contribution in [0.25, 0.3) is 10.9 Å². The van der Waals surface area contributed by atoms with Gasteiger partial charge < -0.3 is 15.0 Å². The minimum absolute atomic E-state index is 0.247. The average molecular weight is 401 g/mol. The van der Waals surface area contributed by atoms with E-state index in [9.17, 15) is 14.7 Å². The Labute approximate surface area is 153 Å². The number of nitrogens with zero attached hydrogens (tertiary/aromatic N) is 1. The van der Waals surface area contributed by atoms with Crippen LogP contribution in [-0.2, 0) is 6.54 Å². The predicted molar refractivity (Wildman–Crippen MR) is 102 cm³/mol. The van der Waals surface area contributed by atoms with Gasteiger partial charge in [0.25, 0.3) is 11.5 Å².